The van der Waals surface area contributed by atoms with Gasteiger partial charge in [-0.05, 0) is 18.8 Å². The highest BCUT2D eigenvalue weighted by molar-refractivity contribution is 6.57. The Hall–Kier alpha value is 0.830. The minimum Gasteiger partial charge on any atom is -0.372 e. The maximum atomic E-state index is 9.33. The molecular weight excluding hydrogens is 194 g/mol. The van der Waals surface area contributed by atoms with Crippen LogP contribution in [0.5, 0.6) is 0 Å². The normalized spacial score (nSPS) is 51.0. The van der Waals surface area contributed by atoms with Crippen molar-refractivity contribution in [3.63, 3.8) is 0 Å². The van der Waals surface area contributed by atoms with Gasteiger partial charge in [0, 0.05) is 5.92 Å². The number of alkyl halides is 3. The molecule has 2 aliphatic rings. The van der Waals surface area contributed by atoms with E-state index in [1.54, 1.807) is 0 Å². The minimum atomic E-state index is -1.35. The fourth-order valence-electron chi connectivity index (χ4n) is 1.42. The third-order valence-electron chi connectivity index (χ3n) is 2.28. The van der Waals surface area contributed by atoms with Crippen LogP contribution >= 0.6 is 34.8 Å². The number of hydrogen-bond donors (Lipinski definition) is 1. The zero-order valence-corrected chi connectivity index (χ0v) is 7.42. The molecule has 2 saturated carbocycles. The van der Waals surface area contributed by atoms with E-state index in [9.17, 15) is 5.11 Å². The number of halogens is 3. The zero-order valence-electron chi connectivity index (χ0n) is 5.15. The summed E-state index contributed by atoms with van der Waals surface area (Å²) in [6.07, 6.45) is 2.20. The first-order chi connectivity index (χ1) is 4.48. The molecule has 0 aromatic heterocycles. The Balaban J connectivity index is 2.14. The summed E-state index contributed by atoms with van der Waals surface area (Å²) in [6.45, 7) is 0. The van der Waals surface area contributed by atoms with E-state index in [1.807, 2.05) is 0 Å². The maximum Gasteiger partial charge on any atom is 0.178 e. The molecule has 0 aliphatic heterocycles. The molecule has 0 radical (unpaired) electrons. The van der Waals surface area contributed by atoms with E-state index in [2.05, 4.69) is 0 Å². The van der Waals surface area contributed by atoms with Gasteiger partial charge < -0.3 is 5.11 Å². The molecule has 2 atom stereocenters. The van der Waals surface area contributed by atoms with Gasteiger partial charge in [0.25, 0.3) is 0 Å². The Bertz CT molecular complexity index is 160. The molecule has 0 saturated heterocycles. The van der Waals surface area contributed by atoms with Crippen LogP contribution < -0.4 is 0 Å². The van der Waals surface area contributed by atoms with Gasteiger partial charge >= 0.3 is 0 Å². The predicted octanol–water partition coefficient (Wildman–Crippen LogP) is 2.13. The molecule has 0 bridgehead atoms. The summed E-state index contributed by atoms with van der Waals surface area (Å²) in [4.78, 5) is 0. The van der Waals surface area contributed by atoms with Crippen LogP contribution in [0, 0.1) is 11.8 Å². The lowest BCUT2D eigenvalue weighted by Gasteiger charge is -1.95. The molecule has 0 heterocycles. The summed E-state index contributed by atoms with van der Waals surface area (Å²) in [6, 6.07) is 0. The first kappa shape index (κ1) is 7.48. The molecule has 1 nitrogen and oxygen atoms in total. The van der Waals surface area contributed by atoms with Gasteiger partial charge in [0.1, 0.15) is 0 Å². The standard InChI is InChI=1S/C6H7Cl3O/c7-5(8)4(3-1-2-3)6(5,9)10/h3-4,10H,1-2H2. The molecular formula is C6H7Cl3O. The molecule has 0 amide bonds. The lowest BCUT2D eigenvalue weighted by atomic mass is 10.3. The molecule has 2 fully saturated rings. The quantitative estimate of drug-likeness (QED) is 0.645. The second-order valence-electron chi connectivity index (χ2n) is 3.11. The maximum absolute atomic E-state index is 9.33. The van der Waals surface area contributed by atoms with Crippen LogP contribution in [-0.4, -0.2) is 14.5 Å². The first-order valence-corrected chi connectivity index (χ1v) is 4.40. The van der Waals surface area contributed by atoms with Crippen molar-refractivity contribution in [2.75, 3.05) is 0 Å². The van der Waals surface area contributed by atoms with Crippen molar-refractivity contribution < 1.29 is 5.11 Å². The summed E-state index contributed by atoms with van der Waals surface area (Å²) in [5.41, 5.74) is 0. The predicted molar refractivity (Wildman–Crippen MR) is 41.5 cm³/mol. The summed E-state index contributed by atoms with van der Waals surface area (Å²) in [5.74, 6) is 0.350. The van der Waals surface area contributed by atoms with E-state index in [0.717, 1.165) is 12.8 Å². The average molecular weight is 201 g/mol. The number of aliphatic hydroxyl groups is 1. The van der Waals surface area contributed by atoms with Gasteiger partial charge in [-0.3, -0.25) is 0 Å². The van der Waals surface area contributed by atoms with Gasteiger partial charge in [-0.25, -0.2) is 0 Å². The highest BCUT2D eigenvalue weighted by Crippen LogP contribution is 2.71. The summed E-state index contributed by atoms with van der Waals surface area (Å²) < 4.78 is -1.09. The Morgan fingerprint density at radius 2 is 1.60 bits per heavy atom. The molecule has 58 valence electrons. The molecule has 4 heteroatoms. The van der Waals surface area contributed by atoms with E-state index >= 15 is 0 Å². The number of hydrogen-bond acceptors (Lipinski definition) is 1. The number of rotatable bonds is 1. The molecule has 0 spiro atoms. The van der Waals surface area contributed by atoms with Gasteiger partial charge in [0.15, 0.2) is 9.39 Å². The van der Waals surface area contributed by atoms with Crippen LogP contribution in [0.2, 0.25) is 0 Å². The Kier molecular flexibility index (Phi) is 1.32. The summed E-state index contributed by atoms with van der Waals surface area (Å²) in [7, 11) is 0. The van der Waals surface area contributed by atoms with Crippen molar-refractivity contribution in [1.29, 1.82) is 0 Å². The zero-order chi connectivity index (χ0) is 7.57. The van der Waals surface area contributed by atoms with Crippen LogP contribution in [0.3, 0.4) is 0 Å². The third kappa shape index (κ3) is 0.752. The fraction of sp³-hybridized carbons (Fsp3) is 1.00. The van der Waals surface area contributed by atoms with Gasteiger partial charge in [-0.2, -0.15) is 0 Å². The first-order valence-electron chi connectivity index (χ1n) is 3.27. The SMILES string of the molecule is OC1(Cl)C(C2CC2)C1(Cl)Cl. The van der Waals surface area contributed by atoms with Crippen molar-refractivity contribution in [3.05, 3.63) is 0 Å². The highest BCUT2D eigenvalue weighted by atomic mass is 35.5. The van der Waals surface area contributed by atoms with Crippen LogP contribution in [0.25, 0.3) is 0 Å². The van der Waals surface area contributed by atoms with Crippen molar-refractivity contribution in [1.82, 2.24) is 0 Å². The van der Waals surface area contributed by atoms with E-state index in [-0.39, 0.29) is 5.92 Å². The molecule has 2 unspecified atom stereocenters. The molecule has 0 aromatic carbocycles. The van der Waals surface area contributed by atoms with E-state index in [4.69, 9.17) is 34.8 Å². The highest BCUT2D eigenvalue weighted by Gasteiger charge is 2.79. The van der Waals surface area contributed by atoms with Crippen molar-refractivity contribution >= 4 is 34.8 Å². The largest absolute Gasteiger partial charge is 0.372 e. The lowest BCUT2D eigenvalue weighted by Crippen LogP contribution is -2.05. The van der Waals surface area contributed by atoms with E-state index in [0.29, 0.717) is 5.92 Å². The summed E-state index contributed by atoms with van der Waals surface area (Å²) >= 11 is 17.1. The van der Waals surface area contributed by atoms with Gasteiger partial charge in [-0.1, -0.05) is 34.8 Å². The fourth-order valence-corrected chi connectivity index (χ4v) is 2.74. The Morgan fingerprint density at radius 3 is 1.70 bits per heavy atom. The van der Waals surface area contributed by atoms with Crippen LogP contribution in [0.4, 0.5) is 0 Å². The minimum absolute atomic E-state index is 0.106. The Labute approximate surface area is 74.3 Å². The summed E-state index contributed by atoms with van der Waals surface area (Å²) in [5, 5.41) is 7.98. The second kappa shape index (κ2) is 1.77. The monoisotopic (exact) mass is 200 g/mol. The van der Waals surface area contributed by atoms with Gasteiger partial charge in [0.2, 0.25) is 0 Å². The van der Waals surface area contributed by atoms with Crippen LogP contribution in [0.15, 0.2) is 0 Å². The van der Waals surface area contributed by atoms with Gasteiger partial charge in [-0.15, -0.1) is 0 Å². The molecule has 0 aromatic rings. The van der Waals surface area contributed by atoms with Crippen LogP contribution in [-0.2, 0) is 0 Å². The van der Waals surface area contributed by atoms with E-state index < -0.39 is 9.39 Å². The molecule has 10 heavy (non-hydrogen) atoms. The van der Waals surface area contributed by atoms with Gasteiger partial charge in [0.05, 0.1) is 0 Å². The lowest BCUT2D eigenvalue weighted by molar-refractivity contribution is 0.211. The Morgan fingerprint density at radius 1 is 1.20 bits per heavy atom. The molecule has 1 N–H and O–H groups in total. The van der Waals surface area contributed by atoms with E-state index in [1.165, 1.54) is 0 Å². The van der Waals surface area contributed by atoms with Crippen molar-refractivity contribution in [2.45, 2.75) is 22.2 Å². The second-order valence-corrected chi connectivity index (χ2v) is 5.07. The smallest absolute Gasteiger partial charge is 0.178 e. The molecule has 2 rings (SSSR count). The van der Waals surface area contributed by atoms with Crippen molar-refractivity contribution in [2.24, 2.45) is 11.8 Å². The average Bonchev–Trinajstić information content (AvgIpc) is 2.53. The molecule has 2 aliphatic carbocycles. The van der Waals surface area contributed by atoms with Crippen LogP contribution in [0.1, 0.15) is 12.8 Å². The third-order valence-corrected chi connectivity index (χ3v) is 4.05. The topological polar surface area (TPSA) is 20.2 Å². The van der Waals surface area contributed by atoms with Crippen molar-refractivity contribution in [3.8, 4) is 0 Å².